The van der Waals surface area contributed by atoms with Gasteiger partial charge in [-0.2, -0.15) is 0 Å². The predicted molar refractivity (Wildman–Crippen MR) is 109 cm³/mol. The first-order valence-electron chi connectivity index (χ1n) is 9.49. The smallest absolute Gasteiger partial charge is 0.227 e. The molecule has 146 valence electrons. The maximum absolute atomic E-state index is 12.4. The van der Waals surface area contributed by atoms with E-state index < -0.39 is 0 Å². The van der Waals surface area contributed by atoms with Crippen molar-refractivity contribution in [3.05, 3.63) is 12.2 Å². The minimum atomic E-state index is -0.325. The Morgan fingerprint density at radius 2 is 2.04 bits per heavy atom. The zero-order valence-electron chi connectivity index (χ0n) is 16.7. The molecule has 28 heavy (non-hydrogen) atoms. The number of hydrogen-bond donors (Lipinski definition) is 1. The number of terminal acetylenes is 1. The van der Waals surface area contributed by atoms with Crippen molar-refractivity contribution in [2.24, 2.45) is 11.3 Å². The molecule has 2 N–H and O–H groups in total. The number of nitrogen functional groups attached to an aromatic ring is 1. The molecule has 1 amide bonds. The molecule has 0 atom stereocenters. The quantitative estimate of drug-likeness (QED) is 0.808. The van der Waals surface area contributed by atoms with E-state index in [1.54, 1.807) is 10.9 Å². The number of nitrogens with two attached hydrogens (primary N) is 1. The summed E-state index contributed by atoms with van der Waals surface area (Å²) in [6.45, 7) is 7.85. The minimum absolute atomic E-state index is 0.220. The van der Waals surface area contributed by atoms with Crippen LogP contribution in [0.3, 0.4) is 0 Å². The molecule has 0 unspecified atom stereocenters. The molecule has 0 radical (unpaired) electrons. The summed E-state index contributed by atoms with van der Waals surface area (Å²) < 4.78 is 1.75. The van der Waals surface area contributed by atoms with E-state index in [1.165, 1.54) is 0 Å². The predicted octanol–water partition coefficient (Wildman–Crippen LogP) is 2.07. The van der Waals surface area contributed by atoms with Crippen molar-refractivity contribution in [1.29, 1.82) is 0 Å². The average Bonchev–Trinajstić information content (AvgIpc) is 3.05. The molecule has 0 aliphatic carbocycles. The second-order valence-electron chi connectivity index (χ2n) is 8.17. The Morgan fingerprint density at radius 3 is 2.68 bits per heavy atom. The van der Waals surface area contributed by atoms with Gasteiger partial charge in [0.1, 0.15) is 5.52 Å². The number of hydrogen-bond acceptors (Lipinski definition) is 5. The van der Waals surface area contributed by atoms with Crippen molar-refractivity contribution in [2.45, 2.75) is 46.6 Å². The zero-order valence-corrected chi connectivity index (χ0v) is 16.7. The molecule has 7 heteroatoms. The molecule has 1 saturated heterocycles. The van der Waals surface area contributed by atoms with E-state index in [9.17, 15) is 4.79 Å². The molecule has 3 heterocycles. The van der Waals surface area contributed by atoms with Gasteiger partial charge in [-0.05, 0) is 24.7 Å². The van der Waals surface area contributed by atoms with Crippen molar-refractivity contribution in [3.8, 4) is 24.2 Å². The number of anilines is 1. The van der Waals surface area contributed by atoms with Crippen molar-refractivity contribution < 1.29 is 4.79 Å². The van der Waals surface area contributed by atoms with E-state index in [-0.39, 0.29) is 11.3 Å². The molecule has 0 saturated carbocycles. The molecule has 1 aliphatic rings. The topological polar surface area (TPSA) is 89.9 Å². The van der Waals surface area contributed by atoms with Crippen molar-refractivity contribution in [1.82, 2.24) is 24.4 Å². The number of carbonyl (C=O) groups excluding carboxylic acids is 1. The third-order valence-corrected chi connectivity index (χ3v) is 4.89. The summed E-state index contributed by atoms with van der Waals surface area (Å²) in [6.07, 6.45) is 9.67. The largest absolute Gasteiger partial charge is 0.382 e. The Labute approximate surface area is 165 Å². The molecule has 0 bridgehead atoms. The van der Waals surface area contributed by atoms with Gasteiger partial charge in [0.05, 0.1) is 12.9 Å². The van der Waals surface area contributed by atoms with E-state index in [4.69, 9.17) is 12.2 Å². The highest BCUT2D eigenvalue weighted by atomic mass is 16.2. The first kappa shape index (κ1) is 19.7. The number of nitrogens with zero attached hydrogens (tertiary/aromatic N) is 5. The number of aromatic nitrogens is 4. The molecule has 1 fully saturated rings. The van der Waals surface area contributed by atoms with Crippen LogP contribution >= 0.6 is 0 Å². The van der Waals surface area contributed by atoms with Gasteiger partial charge in [0.15, 0.2) is 11.5 Å². The SMILES string of the molecule is C#CCn1cnc2c(N)nc(C#CCC3CCN(C(=O)C(C)(C)C)CC3)nc21. The maximum atomic E-state index is 12.4. The van der Waals surface area contributed by atoms with Gasteiger partial charge in [0, 0.05) is 24.9 Å². The Kier molecular flexibility index (Phi) is 5.56. The average molecular weight is 378 g/mol. The summed E-state index contributed by atoms with van der Waals surface area (Å²) in [5.41, 5.74) is 6.79. The van der Waals surface area contributed by atoms with Gasteiger partial charge in [-0.15, -0.1) is 6.42 Å². The van der Waals surface area contributed by atoms with Gasteiger partial charge in [-0.3, -0.25) is 4.79 Å². The molecule has 3 rings (SSSR count). The number of piperidine rings is 1. The summed E-state index contributed by atoms with van der Waals surface area (Å²) in [5, 5.41) is 0. The van der Waals surface area contributed by atoms with Crippen LogP contribution in [0.1, 0.15) is 45.9 Å². The van der Waals surface area contributed by atoms with Crippen LogP contribution in [0.25, 0.3) is 11.2 Å². The van der Waals surface area contributed by atoms with Gasteiger partial charge in [-0.1, -0.05) is 32.6 Å². The molecular weight excluding hydrogens is 352 g/mol. The van der Waals surface area contributed by atoms with E-state index in [0.29, 0.717) is 35.3 Å². The fraction of sp³-hybridized carbons (Fsp3) is 0.524. The van der Waals surface area contributed by atoms with Crippen LogP contribution in [0.5, 0.6) is 0 Å². The molecule has 1 aliphatic heterocycles. The first-order valence-corrected chi connectivity index (χ1v) is 9.49. The summed E-state index contributed by atoms with van der Waals surface area (Å²) in [7, 11) is 0. The second-order valence-corrected chi connectivity index (χ2v) is 8.17. The first-order chi connectivity index (χ1) is 13.3. The van der Waals surface area contributed by atoms with Gasteiger partial charge in [-0.25, -0.2) is 15.0 Å². The lowest BCUT2D eigenvalue weighted by atomic mass is 9.90. The third-order valence-electron chi connectivity index (χ3n) is 4.89. The summed E-state index contributed by atoms with van der Waals surface area (Å²) in [4.78, 5) is 27.2. The van der Waals surface area contributed by atoms with Gasteiger partial charge >= 0.3 is 0 Å². The van der Waals surface area contributed by atoms with Gasteiger partial charge < -0.3 is 15.2 Å². The lowest BCUT2D eigenvalue weighted by Gasteiger charge is -2.35. The third kappa shape index (κ3) is 4.26. The Bertz CT molecular complexity index is 974. The molecular formula is C21H26N6O. The van der Waals surface area contributed by atoms with Crippen molar-refractivity contribution >= 4 is 22.9 Å². The molecule has 7 nitrogen and oxygen atoms in total. The zero-order chi connectivity index (χ0) is 20.3. The standard InChI is InChI=1S/C21H26N6O/c1-5-11-27-14-23-17-18(22)24-16(25-19(17)27)8-6-7-15-9-12-26(13-10-15)20(28)21(2,3)4/h1,14-15H,7,9-13H2,2-4H3,(H2,22,24,25). The Balaban J connectivity index is 1.63. The number of amides is 1. The number of fused-ring (bicyclic) bond motifs is 1. The lowest BCUT2D eigenvalue weighted by Crippen LogP contribution is -2.44. The fourth-order valence-electron chi connectivity index (χ4n) is 3.32. The molecule has 2 aromatic rings. The van der Waals surface area contributed by atoms with E-state index in [1.807, 2.05) is 25.7 Å². The van der Waals surface area contributed by atoms with E-state index >= 15 is 0 Å². The number of likely N-dealkylation sites (tertiary alicyclic amines) is 1. The van der Waals surface area contributed by atoms with Crippen molar-refractivity contribution in [3.63, 3.8) is 0 Å². The van der Waals surface area contributed by atoms with Crippen LogP contribution in [-0.4, -0.2) is 43.4 Å². The fourth-order valence-corrected chi connectivity index (χ4v) is 3.32. The van der Waals surface area contributed by atoms with Crippen LogP contribution < -0.4 is 5.73 Å². The number of imidazole rings is 1. The summed E-state index contributed by atoms with van der Waals surface area (Å²) in [6, 6.07) is 0. The Hall–Kier alpha value is -3.06. The van der Waals surface area contributed by atoms with E-state index in [2.05, 4.69) is 32.7 Å². The van der Waals surface area contributed by atoms with Gasteiger partial charge in [0.2, 0.25) is 11.7 Å². The van der Waals surface area contributed by atoms with Crippen LogP contribution in [0.4, 0.5) is 5.82 Å². The van der Waals surface area contributed by atoms with E-state index in [0.717, 1.165) is 32.4 Å². The molecule has 0 aromatic carbocycles. The molecule has 0 spiro atoms. The van der Waals surface area contributed by atoms with Crippen LogP contribution in [0.2, 0.25) is 0 Å². The lowest BCUT2D eigenvalue weighted by molar-refractivity contribution is -0.140. The second kappa shape index (κ2) is 7.90. The monoisotopic (exact) mass is 378 g/mol. The number of carbonyl (C=O) groups is 1. The normalized spacial score (nSPS) is 15.1. The molecule has 2 aromatic heterocycles. The number of rotatable bonds is 2. The van der Waals surface area contributed by atoms with Crippen LogP contribution in [-0.2, 0) is 11.3 Å². The highest BCUT2D eigenvalue weighted by molar-refractivity contribution is 5.82. The van der Waals surface area contributed by atoms with Gasteiger partial charge in [0.25, 0.3) is 0 Å². The van der Waals surface area contributed by atoms with Crippen LogP contribution in [0.15, 0.2) is 6.33 Å². The maximum Gasteiger partial charge on any atom is 0.227 e. The highest BCUT2D eigenvalue weighted by Gasteiger charge is 2.30. The summed E-state index contributed by atoms with van der Waals surface area (Å²) in [5.74, 6) is 10.1. The minimum Gasteiger partial charge on any atom is -0.382 e. The Morgan fingerprint density at radius 1 is 1.32 bits per heavy atom. The van der Waals surface area contributed by atoms with Crippen molar-refractivity contribution in [2.75, 3.05) is 18.8 Å². The summed E-state index contributed by atoms with van der Waals surface area (Å²) >= 11 is 0. The van der Waals surface area contributed by atoms with Crippen LogP contribution in [0, 0.1) is 35.5 Å². The highest BCUT2D eigenvalue weighted by Crippen LogP contribution is 2.25.